The maximum absolute atomic E-state index is 6.10. The lowest BCUT2D eigenvalue weighted by molar-refractivity contribution is 0.220. The van der Waals surface area contributed by atoms with Crippen molar-refractivity contribution < 1.29 is 0 Å². The van der Waals surface area contributed by atoms with Gasteiger partial charge in [-0.15, -0.1) is 0 Å². The van der Waals surface area contributed by atoms with Crippen LogP contribution in [0.5, 0.6) is 0 Å². The molecular weight excluding hydrogens is 336 g/mol. The SMILES string of the molecule is CC1CC(n2cc(I)c3c(Cl)ncnc32)C1. The van der Waals surface area contributed by atoms with Crippen molar-refractivity contribution in [3.63, 3.8) is 0 Å². The highest BCUT2D eigenvalue weighted by atomic mass is 127. The van der Waals surface area contributed by atoms with Gasteiger partial charge < -0.3 is 4.57 Å². The molecule has 0 saturated heterocycles. The highest BCUT2D eigenvalue weighted by Crippen LogP contribution is 2.40. The summed E-state index contributed by atoms with van der Waals surface area (Å²) in [4.78, 5) is 8.39. The minimum absolute atomic E-state index is 0.556. The summed E-state index contributed by atoms with van der Waals surface area (Å²) < 4.78 is 3.39. The fourth-order valence-corrected chi connectivity index (χ4v) is 3.56. The molecule has 3 nitrogen and oxygen atoms in total. The van der Waals surface area contributed by atoms with E-state index in [-0.39, 0.29) is 0 Å². The standard InChI is InChI=1S/C11H11ClIN3/c1-6-2-7(3-6)16-4-8(13)9-10(12)14-5-15-11(9)16/h4-7H,2-3H2,1H3. The lowest BCUT2D eigenvalue weighted by Crippen LogP contribution is -2.24. The second-order valence-corrected chi connectivity index (χ2v) is 6.00. The van der Waals surface area contributed by atoms with Gasteiger partial charge in [0.25, 0.3) is 0 Å². The van der Waals surface area contributed by atoms with Crippen molar-refractivity contribution in [2.24, 2.45) is 5.92 Å². The minimum Gasteiger partial charge on any atom is -0.328 e. The molecular formula is C11H11ClIN3. The van der Waals surface area contributed by atoms with Gasteiger partial charge >= 0.3 is 0 Å². The minimum atomic E-state index is 0.556. The third-order valence-electron chi connectivity index (χ3n) is 3.26. The van der Waals surface area contributed by atoms with Crippen LogP contribution in [0.3, 0.4) is 0 Å². The van der Waals surface area contributed by atoms with Crippen LogP contribution in [-0.2, 0) is 0 Å². The Balaban J connectivity index is 2.16. The monoisotopic (exact) mass is 347 g/mol. The molecule has 1 aliphatic carbocycles. The summed E-state index contributed by atoms with van der Waals surface area (Å²) in [6, 6.07) is 0.590. The highest BCUT2D eigenvalue weighted by Gasteiger charge is 2.28. The van der Waals surface area contributed by atoms with Gasteiger partial charge in [0.1, 0.15) is 17.1 Å². The summed E-state index contributed by atoms with van der Waals surface area (Å²) in [5.74, 6) is 0.831. The first-order chi connectivity index (χ1) is 7.66. The van der Waals surface area contributed by atoms with Crippen molar-refractivity contribution in [1.29, 1.82) is 0 Å². The number of halogens is 2. The molecule has 0 unspecified atom stereocenters. The Kier molecular flexibility index (Phi) is 2.58. The molecule has 2 heterocycles. The van der Waals surface area contributed by atoms with Crippen molar-refractivity contribution in [2.75, 3.05) is 0 Å². The van der Waals surface area contributed by atoms with Crippen LogP contribution in [0.2, 0.25) is 5.15 Å². The van der Waals surface area contributed by atoms with E-state index in [4.69, 9.17) is 11.6 Å². The maximum Gasteiger partial charge on any atom is 0.146 e. The van der Waals surface area contributed by atoms with Gasteiger partial charge in [0.2, 0.25) is 0 Å². The van der Waals surface area contributed by atoms with E-state index >= 15 is 0 Å². The van der Waals surface area contributed by atoms with E-state index in [2.05, 4.69) is 50.2 Å². The zero-order chi connectivity index (χ0) is 11.3. The van der Waals surface area contributed by atoms with Crippen LogP contribution in [0, 0.1) is 9.49 Å². The van der Waals surface area contributed by atoms with E-state index in [1.807, 2.05) is 0 Å². The van der Waals surface area contributed by atoms with Gasteiger partial charge in [-0.1, -0.05) is 18.5 Å². The van der Waals surface area contributed by atoms with Gasteiger partial charge in [-0.05, 0) is 41.4 Å². The van der Waals surface area contributed by atoms with Gasteiger partial charge in [0.05, 0.1) is 5.39 Å². The first kappa shape index (κ1) is 10.8. The Hall–Kier alpha value is -0.360. The molecule has 0 bridgehead atoms. The number of rotatable bonds is 1. The summed E-state index contributed by atoms with van der Waals surface area (Å²) in [7, 11) is 0. The van der Waals surface area contributed by atoms with Crippen molar-refractivity contribution >= 4 is 45.2 Å². The molecule has 0 radical (unpaired) electrons. The third kappa shape index (κ3) is 1.54. The Morgan fingerprint density at radius 2 is 2.19 bits per heavy atom. The molecule has 2 aromatic rings. The highest BCUT2D eigenvalue weighted by molar-refractivity contribution is 14.1. The van der Waals surface area contributed by atoms with E-state index in [1.165, 1.54) is 12.8 Å². The van der Waals surface area contributed by atoms with E-state index in [9.17, 15) is 0 Å². The summed E-state index contributed by atoms with van der Waals surface area (Å²) in [6.07, 6.45) is 6.16. The zero-order valence-electron chi connectivity index (χ0n) is 8.82. The number of aromatic nitrogens is 3. The maximum atomic E-state index is 6.10. The molecule has 0 atom stereocenters. The van der Waals surface area contributed by atoms with Gasteiger partial charge in [-0.3, -0.25) is 0 Å². The fraction of sp³-hybridized carbons (Fsp3) is 0.455. The van der Waals surface area contributed by atoms with Gasteiger partial charge in [-0.2, -0.15) is 0 Å². The lowest BCUT2D eigenvalue weighted by atomic mass is 9.82. The zero-order valence-corrected chi connectivity index (χ0v) is 11.7. The first-order valence-corrected chi connectivity index (χ1v) is 6.79. The number of hydrogen-bond acceptors (Lipinski definition) is 2. The quantitative estimate of drug-likeness (QED) is 0.582. The summed E-state index contributed by atoms with van der Waals surface area (Å²) in [6.45, 7) is 2.29. The van der Waals surface area contributed by atoms with Crippen LogP contribution < -0.4 is 0 Å². The average Bonchev–Trinajstić information content (AvgIpc) is 2.53. The molecule has 1 saturated carbocycles. The summed E-state index contributed by atoms with van der Waals surface area (Å²) in [5, 5.41) is 1.55. The van der Waals surface area contributed by atoms with Gasteiger partial charge in [-0.25, -0.2) is 9.97 Å². The first-order valence-electron chi connectivity index (χ1n) is 5.33. The van der Waals surface area contributed by atoms with Crippen LogP contribution in [0.15, 0.2) is 12.5 Å². The second kappa shape index (κ2) is 3.84. The van der Waals surface area contributed by atoms with Crippen LogP contribution in [0.1, 0.15) is 25.8 Å². The van der Waals surface area contributed by atoms with E-state index in [0.29, 0.717) is 11.2 Å². The van der Waals surface area contributed by atoms with E-state index in [1.54, 1.807) is 6.33 Å². The normalized spacial score (nSPS) is 24.7. The molecule has 2 aromatic heterocycles. The Bertz CT molecular complexity index is 545. The Morgan fingerprint density at radius 1 is 1.44 bits per heavy atom. The molecule has 1 aliphatic rings. The smallest absolute Gasteiger partial charge is 0.146 e. The average molecular weight is 348 g/mol. The molecule has 3 rings (SSSR count). The van der Waals surface area contributed by atoms with Crippen LogP contribution in [0.25, 0.3) is 11.0 Å². The molecule has 16 heavy (non-hydrogen) atoms. The van der Waals surface area contributed by atoms with Crippen molar-refractivity contribution in [1.82, 2.24) is 14.5 Å². The third-order valence-corrected chi connectivity index (χ3v) is 4.36. The number of fused-ring (bicyclic) bond motifs is 1. The van der Waals surface area contributed by atoms with E-state index < -0.39 is 0 Å². The Labute approximate surface area is 112 Å². The molecule has 5 heteroatoms. The van der Waals surface area contributed by atoms with E-state index in [0.717, 1.165) is 20.5 Å². The van der Waals surface area contributed by atoms with Crippen molar-refractivity contribution in [2.45, 2.75) is 25.8 Å². The molecule has 84 valence electrons. The number of hydrogen-bond donors (Lipinski definition) is 0. The van der Waals surface area contributed by atoms with Crippen molar-refractivity contribution in [3.05, 3.63) is 21.2 Å². The predicted molar refractivity (Wildman–Crippen MR) is 72.7 cm³/mol. The van der Waals surface area contributed by atoms with Crippen LogP contribution >= 0.6 is 34.2 Å². The predicted octanol–water partition coefficient (Wildman–Crippen LogP) is 3.66. The lowest BCUT2D eigenvalue weighted by Gasteiger charge is -2.34. The molecule has 0 N–H and O–H groups in total. The molecule has 0 aromatic carbocycles. The molecule has 0 amide bonds. The summed E-state index contributed by atoms with van der Waals surface area (Å²) >= 11 is 8.40. The number of nitrogens with zero attached hydrogens (tertiary/aromatic N) is 3. The largest absolute Gasteiger partial charge is 0.328 e. The van der Waals surface area contributed by atoms with Crippen LogP contribution in [-0.4, -0.2) is 14.5 Å². The van der Waals surface area contributed by atoms with Crippen LogP contribution in [0.4, 0.5) is 0 Å². The van der Waals surface area contributed by atoms with Crippen molar-refractivity contribution in [3.8, 4) is 0 Å². The topological polar surface area (TPSA) is 30.7 Å². The fourth-order valence-electron chi connectivity index (χ4n) is 2.37. The van der Waals surface area contributed by atoms with Gasteiger partial charge in [0, 0.05) is 15.8 Å². The van der Waals surface area contributed by atoms with Gasteiger partial charge in [0.15, 0.2) is 0 Å². The Morgan fingerprint density at radius 3 is 2.88 bits per heavy atom. The molecule has 0 aliphatic heterocycles. The molecule has 0 spiro atoms. The second-order valence-electron chi connectivity index (χ2n) is 4.48. The molecule has 1 fully saturated rings. The summed E-state index contributed by atoms with van der Waals surface area (Å²) in [5.41, 5.74) is 0.973.